The van der Waals surface area contributed by atoms with Gasteiger partial charge in [-0.2, -0.15) is 11.8 Å². The monoisotopic (exact) mass is 477 g/mol. The normalized spacial score (nSPS) is 26.5. The van der Waals surface area contributed by atoms with E-state index >= 15 is 0 Å². The summed E-state index contributed by atoms with van der Waals surface area (Å²) in [6.07, 6.45) is 1.65. The quantitative estimate of drug-likeness (QED) is 0.487. The van der Waals surface area contributed by atoms with Crippen molar-refractivity contribution < 1.29 is 28.8 Å². The maximum Gasteiger partial charge on any atom is 0.475 e. The first kappa shape index (κ1) is 24.0. The minimum absolute atomic E-state index is 0.00152. The van der Waals surface area contributed by atoms with Crippen molar-refractivity contribution >= 4 is 36.6 Å². The van der Waals surface area contributed by atoms with E-state index in [4.69, 9.17) is 0 Å². The molecular weight excluding hydrogens is 448 g/mol. The molecular formula is C22H29BFN3O5S. The summed E-state index contributed by atoms with van der Waals surface area (Å²) in [5.74, 6) is -1.72. The third kappa shape index (κ3) is 5.05. The van der Waals surface area contributed by atoms with Gasteiger partial charge in [-0.25, -0.2) is 4.39 Å². The van der Waals surface area contributed by atoms with E-state index in [1.807, 2.05) is 12.1 Å². The Labute approximate surface area is 197 Å². The van der Waals surface area contributed by atoms with Gasteiger partial charge in [0.1, 0.15) is 12.2 Å². The van der Waals surface area contributed by atoms with E-state index in [2.05, 4.69) is 17.6 Å². The number of likely N-dealkylation sites (tertiary alicyclic amines) is 1. The molecule has 1 aromatic rings. The summed E-state index contributed by atoms with van der Waals surface area (Å²) < 4.78 is 13.8. The molecule has 3 amide bonds. The zero-order valence-electron chi connectivity index (χ0n) is 18.6. The van der Waals surface area contributed by atoms with Gasteiger partial charge in [0.25, 0.3) is 0 Å². The fourth-order valence-corrected chi connectivity index (χ4v) is 5.51. The first-order chi connectivity index (χ1) is 15.8. The minimum atomic E-state index is -1.85. The molecule has 0 radical (unpaired) electrons. The lowest BCUT2D eigenvalue weighted by Gasteiger charge is -2.26. The van der Waals surface area contributed by atoms with Crippen LogP contribution in [-0.4, -0.2) is 81.4 Å². The number of aryl methyl sites for hydroxylation is 1. The van der Waals surface area contributed by atoms with Crippen molar-refractivity contribution in [2.24, 2.45) is 5.92 Å². The Morgan fingerprint density at radius 2 is 2.06 bits per heavy atom. The van der Waals surface area contributed by atoms with Gasteiger partial charge in [0, 0.05) is 25.4 Å². The molecule has 3 heterocycles. The first-order valence-corrected chi connectivity index (χ1v) is 12.6. The lowest BCUT2D eigenvalue weighted by molar-refractivity contribution is -0.135. The summed E-state index contributed by atoms with van der Waals surface area (Å²) in [5, 5.41) is 21.6. The van der Waals surface area contributed by atoms with Crippen molar-refractivity contribution in [3.63, 3.8) is 0 Å². The van der Waals surface area contributed by atoms with Crippen LogP contribution in [0.1, 0.15) is 36.0 Å². The number of rotatable bonds is 7. The Morgan fingerprint density at radius 3 is 2.79 bits per heavy atom. The highest BCUT2D eigenvalue weighted by Crippen LogP contribution is 2.30. The van der Waals surface area contributed by atoms with Crippen molar-refractivity contribution in [1.29, 1.82) is 0 Å². The van der Waals surface area contributed by atoms with Gasteiger partial charge < -0.3 is 25.2 Å². The van der Waals surface area contributed by atoms with Crippen LogP contribution in [0.15, 0.2) is 18.2 Å². The Kier molecular flexibility index (Phi) is 7.30. The molecule has 8 nitrogen and oxygen atoms in total. The molecule has 2 saturated heterocycles. The number of nitrogens with one attached hydrogen (secondary N) is 1. The van der Waals surface area contributed by atoms with E-state index in [-0.39, 0.29) is 37.6 Å². The van der Waals surface area contributed by atoms with Crippen LogP contribution in [0.3, 0.4) is 0 Å². The Hall–Kier alpha value is -2.11. The van der Waals surface area contributed by atoms with Crippen LogP contribution in [0.25, 0.3) is 0 Å². The lowest BCUT2D eigenvalue weighted by atomic mass is 9.77. The van der Waals surface area contributed by atoms with Crippen molar-refractivity contribution in [2.75, 3.05) is 18.6 Å². The van der Waals surface area contributed by atoms with E-state index in [9.17, 15) is 28.8 Å². The second-order valence-corrected chi connectivity index (χ2v) is 10.0. The molecule has 33 heavy (non-hydrogen) atoms. The van der Waals surface area contributed by atoms with E-state index < -0.39 is 37.1 Å². The van der Waals surface area contributed by atoms with Crippen LogP contribution in [0, 0.1) is 5.92 Å². The number of hydrogen-bond donors (Lipinski definition) is 3. The van der Waals surface area contributed by atoms with Crippen molar-refractivity contribution in [3.8, 4) is 0 Å². The molecule has 4 rings (SSSR count). The molecule has 1 unspecified atom stereocenters. The van der Waals surface area contributed by atoms with E-state index in [1.54, 1.807) is 16.7 Å². The summed E-state index contributed by atoms with van der Waals surface area (Å²) in [6.45, 7) is 0.804. The van der Waals surface area contributed by atoms with Crippen LogP contribution < -0.4 is 5.32 Å². The Bertz CT molecular complexity index is 935. The number of carbonyl (C=O) groups is 3. The molecule has 3 aliphatic heterocycles. The molecule has 0 spiro atoms. The molecule has 3 N–H and O–H groups in total. The molecule has 0 saturated carbocycles. The molecule has 0 aliphatic carbocycles. The Balaban J connectivity index is 1.36. The van der Waals surface area contributed by atoms with Crippen molar-refractivity contribution in [3.05, 3.63) is 34.9 Å². The van der Waals surface area contributed by atoms with Crippen LogP contribution in [-0.2, 0) is 33.9 Å². The summed E-state index contributed by atoms with van der Waals surface area (Å²) in [4.78, 5) is 41.2. The lowest BCUT2D eigenvalue weighted by Crippen LogP contribution is -2.51. The van der Waals surface area contributed by atoms with Gasteiger partial charge in [0.15, 0.2) is 0 Å². The summed E-state index contributed by atoms with van der Waals surface area (Å²) in [7, 11) is -1.85. The number of hydrogen-bond acceptors (Lipinski definition) is 6. The molecule has 1 aromatic carbocycles. The average Bonchev–Trinajstić information content (AvgIpc) is 3.48. The van der Waals surface area contributed by atoms with Crippen LogP contribution in [0.4, 0.5) is 4.39 Å². The second-order valence-electron chi connectivity index (χ2n) is 9.05. The van der Waals surface area contributed by atoms with Crippen LogP contribution >= 0.6 is 11.8 Å². The predicted molar refractivity (Wildman–Crippen MR) is 123 cm³/mol. The fourth-order valence-electron chi connectivity index (χ4n) is 5.08. The van der Waals surface area contributed by atoms with Gasteiger partial charge in [0.05, 0.1) is 12.5 Å². The molecule has 178 valence electrons. The average molecular weight is 477 g/mol. The third-order valence-corrected chi connectivity index (χ3v) is 7.47. The number of amides is 3. The number of fused-ring (bicyclic) bond motifs is 1. The summed E-state index contributed by atoms with van der Waals surface area (Å²) >= 11 is 1.78. The largest absolute Gasteiger partial charge is 0.475 e. The van der Waals surface area contributed by atoms with Gasteiger partial charge in [0.2, 0.25) is 17.7 Å². The number of thioether (sulfide) groups is 1. The fraction of sp³-hybridized carbons (Fsp3) is 0.591. The van der Waals surface area contributed by atoms with Gasteiger partial charge in [-0.15, -0.1) is 0 Å². The first-order valence-electron chi connectivity index (χ1n) is 11.3. The standard InChI is InChI=1S/C22H29BFN3O5S/c1-33-6-5-13-3-2-4-14-10-26(12-17(13)14)20(28)8-15-7-18(25-21(15)29)22(30)27-11-16(24)9-19(27)23(31)32/h2-4,15-16,18-19,31-32H,5-12H2,1H3,(H,25,29)/t15-,16?,18-,19-/m0/s1. The third-order valence-electron chi connectivity index (χ3n) is 6.85. The van der Waals surface area contributed by atoms with Gasteiger partial charge in [-0.3, -0.25) is 14.4 Å². The zero-order valence-corrected chi connectivity index (χ0v) is 19.4. The topological polar surface area (TPSA) is 110 Å². The van der Waals surface area contributed by atoms with Crippen molar-refractivity contribution in [2.45, 2.75) is 56.9 Å². The highest BCUT2D eigenvalue weighted by Gasteiger charge is 2.47. The second kappa shape index (κ2) is 10.0. The van der Waals surface area contributed by atoms with Crippen LogP contribution in [0.2, 0.25) is 0 Å². The summed E-state index contributed by atoms with van der Waals surface area (Å²) in [6, 6.07) is 5.25. The minimum Gasteiger partial charge on any atom is -0.426 e. The van der Waals surface area contributed by atoms with Crippen LogP contribution in [0.5, 0.6) is 0 Å². The van der Waals surface area contributed by atoms with E-state index in [0.717, 1.165) is 22.6 Å². The number of alkyl halides is 1. The smallest absolute Gasteiger partial charge is 0.426 e. The highest BCUT2D eigenvalue weighted by molar-refractivity contribution is 7.98. The molecule has 3 aliphatic rings. The molecule has 0 bridgehead atoms. The highest BCUT2D eigenvalue weighted by atomic mass is 32.2. The number of carbonyl (C=O) groups excluding carboxylic acids is 3. The summed E-state index contributed by atoms with van der Waals surface area (Å²) in [5.41, 5.74) is 3.57. The Morgan fingerprint density at radius 1 is 1.27 bits per heavy atom. The number of halogens is 1. The number of nitrogens with zero attached hydrogens (tertiary/aromatic N) is 2. The number of benzene rings is 1. The molecule has 4 atom stereocenters. The maximum atomic E-state index is 13.8. The SMILES string of the molecule is CSCCc1cccc2c1CN(C(=O)C[C@@H]1C[C@@H](C(=O)N3CC(F)C[C@H]3B(O)O)NC1=O)C2. The van der Waals surface area contributed by atoms with Crippen molar-refractivity contribution in [1.82, 2.24) is 15.1 Å². The zero-order chi connectivity index (χ0) is 23.7. The van der Waals surface area contributed by atoms with E-state index in [0.29, 0.717) is 13.1 Å². The van der Waals surface area contributed by atoms with E-state index in [1.165, 1.54) is 11.1 Å². The van der Waals surface area contributed by atoms with Gasteiger partial charge in [-0.05, 0) is 48.0 Å². The predicted octanol–water partition coefficient (Wildman–Crippen LogP) is 0.280. The maximum absolute atomic E-state index is 13.8. The van der Waals surface area contributed by atoms with Gasteiger partial charge in [-0.1, -0.05) is 18.2 Å². The molecule has 0 aromatic heterocycles. The van der Waals surface area contributed by atoms with Gasteiger partial charge >= 0.3 is 7.12 Å². The molecule has 11 heteroatoms. The molecule has 2 fully saturated rings.